The lowest BCUT2D eigenvalue weighted by Crippen LogP contribution is -2.45. The molecule has 2 amide bonds. The second-order valence-corrected chi connectivity index (χ2v) is 6.84. The molecule has 0 saturated carbocycles. The van der Waals surface area contributed by atoms with E-state index in [2.05, 4.69) is 51.7 Å². The average molecular weight is 342 g/mol. The van der Waals surface area contributed by atoms with Crippen LogP contribution in [0, 0.1) is 19.8 Å². The van der Waals surface area contributed by atoms with Crippen LogP contribution in [0.3, 0.4) is 0 Å². The normalized spacial score (nSPS) is 20.6. The van der Waals surface area contributed by atoms with Gasteiger partial charge in [-0.1, -0.05) is 37.3 Å². The highest BCUT2D eigenvalue weighted by Crippen LogP contribution is 2.19. The summed E-state index contributed by atoms with van der Waals surface area (Å²) in [5, 5.41) is 5.90. The van der Waals surface area contributed by atoms with E-state index in [9.17, 15) is 4.79 Å². The van der Waals surface area contributed by atoms with Crippen molar-refractivity contribution >= 4 is 6.03 Å². The molecule has 2 heterocycles. The number of carbonyl (C=O) groups excluding carboxylic acids is 1. The fraction of sp³-hybridized carbons (Fsp3) is 0.474. The van der Waals surface area contributed by atoms with Crippen molar-refractivity contribution < 1.29 is 9.21 Å². The molecular formula is C19H26N4O2. The minimum atomic E-state index is -0.174. The Labute approximate surface area is 148 Å². The van der Waals surface area contributed by atoms with E-state index in [1.54, 1.807) is 0 Å². The van der Waals surface area contributed by atoms with E-state index in [1.165, 1.54) is 5.56 Å². The third kappa shape index (κ3) is 4.60. The Morgan fingerprint density at radius 3 is 2.72 bits per heavy atom. The Morgan fingerprint density at radius 1 is 1.28 bits per heavy atom. The predicted octanol–water partition coefficient (Wildman–Crippen LogP) is 2.61. The van der Waals surface area contributed by atoms with Gasteiger partial charge in [-0.15, -0.1) is 0 Å². The number of oxazole rings is 1. The van der Waals surface area contributed by atoms with Crippen LogP contribution in [0.15, 0.2) is 34.7 Å². The van der Waals surface area contributed by atoms with Gasteiger partial charge in [0.15, 0.2) is 0 Å². The van der Waals surface area contributed by atoms with Crippen molar-refractivity contribution in [1.82, 2.24) is 20.5 Å². The summed E-state index contributed by atoms with van der Waals surface area (Å²) in [5.74, 6) is 1.74. The maximum absolute atomic E-state index is 12.2. The van der Waals surface area contributed by atoms with Crippen LogP contribution in [0.5, 0.6) is 0 Å². The van der Waals surface area contributed by atoms with E-state index in [-0.39, 0.29) is 12.1 Å². The van der Waals surface area contributed by atoms with Crippen LogP contribution in [-0.2, 0) is 13.1 Å². The monoisotopic (exact) mass is 342 g/mol. The van der Waals surface area contributed by atoms with Crippen LogP contribution >= 0.6 is 0 Å². The fourth-order valence-electron chi connectivity index (χ4n) is 3.22. The van der Waals surface area contributed by atoms with Crippen LogP contribution in [-0.4, -0.2) is 35.0 Å². The molecule has 0 unspecified atom stereocenters. The van der Waals surface area contributed by atoms with Crippen molar-refractivity contribution in [3.63, 3.8) is 0 Å². The van der Waals surface area contributed by atoms with Gasteiger partial charge < -0.3 is 15.1 Å². The van der Waals surface area contributed by atoms with Gasteiger partial charge in [-0.25, -0.2) is 9.78 Å². The largest absolute Gasteiger partial charge is 0.444 e. The molecule has 2 aromatic rings. The molecular weight excluding hydrogens is 316 g/mol. The van der Waals surface area contributed by atoms with Gasteiger partial charge in [0, 0.05) is 25.7 Å². The first-order valence-corrected chi connectivity index (χ1v) is 8.75. The summed E-state index contributed by atoms with van der Waals surface area (Å²) >= 11 is 0. The Bertz CT molecular complexity index is 694. The zero-order chi connectivity index (χ0) is 17.8. The van der Waals surface area contributed by atoms with E-state index in [0.717, 1.165) is 31.1 Å². The van der Waals surface area contributed by atoms with Crippen LogP contribution in [0.2, 0.25) is 0 Å². The zero-order valence-corrected chi connectivity index (χ0v) is 15.1. The van der Waals surface area contributed by atoms with Gasteiger partial charge in [0.05, 0.1) is 12.2 Å². The third-order valence-corrected chi connectivity index (χ3v) is 4.73. The molecule has 1 aromatic heterocycles. The molecule has 6 heteroatoms. The van der Waals surface area contributed by atoms with Gasteiger partial charge in [0.1, 0.15) is 5.76 Å². The maximum Gasteiger partial charge on any atom is 0.315 e. The highest BCUT2D eigenvalue weighted by molar-refractivity contribution is 5.74. The number of urea groups is 1. The minimum Gasteiger partial charge on any atom is -0.444 e. The third-order valence-electron chi connectivity index (χ3n) is 4.73. The van der Waals surface area contributed by atoms with Crippen LogP contribution in [0.1, 0.15) is 29.8 Å². The first-order chi connectivity index (χ1) is 12.0. The molecule has 0 bridgehead atoms. The van der Waals surface area contributed by atoms with Gasteiger partial charge in [-0.3, -0.25) is 4.90 Å². The number of nitrogens with zero attached hydrogens (tertiary/aromatic N) is 2. The lowest BCUT2D eigenvalue weighted by molar-refractivity contribution is 0.233. The van der Waals surface area contributed by atoms with Gasteiger partial charge >= 0.3 is 6.03 Å². The number of likely N-dealkylation sites (tertiary alicyclic amines) is 1. The van der Waals surface area contributed by atoms with Crippen molar-refractivity contribution in [2.75, 3.05) is 13.1 Å². The molecule has 1 aliphatic heterocycles. The van der Waals surface area contributed by atoms with E-state index >= 15 is 0 Å². The van der Waals surface area contributed by atoms with Crippen molar-refractivity contribution in [2.24, 2.45) is 5.92 Å². The highest BCUT2D eigenvalue weighted by atomic mass is 16.4. The van der Waals surface area contributed by atoms with E-state index in [0.29, 0.717) is 18.4 Å². The molecule has 6 nitrogen and oxygen atoms in total. The molecule has 1 aliphatic rings. The maximum atomic E-state index is 12.2. The number of carbonyl (C=O) groups is 1. The molecule has 134 valence electrons. The Balaban J connectivity index is 1.46. The molecule has 1 saturated heterocycles. The average Bonchev–Trinajstić information content (AvgIpc) is 3.08. The predicted molar refractivity (Wildman–Crippen MR) is 96.0 cm³/mol. The smallest absolute Gasteiger partial charge is 0.315 e. The molecule has 0 aliphatic carbocycles. The van der Waals surface area contributed by atoms with Crippen molar-refractivity contribution in [3.05, 3.63) is 53.2 Å². The second kappa shape index (κ2) is 7.70. The highest BCUT2D eigenvalue weighted by Gasteiger charge is 2.30. The van der Waals surface area contributed by atoms with Crippen LogP contribution < -0.4 is 10.6 Å². The molecule has 0 spiro atoms. The number of benzene rings is 1. The first-order valence-electron chi connectivity index (χ1n) is 8.75. The second-order valence-electron chi connectivity index (χ2n) is 6.84. The number of aromatic nitrogens is 1. The lowest BCUT2D eigenvalue weighted by Gasteiger charge is -2.17. The summed E-state index contributed by atoms with van der Waals surface area (Å²) in [4.78, 5) is 18.8. The summed E-state index contributed by atoms with van der Waals surface area (Å²) in [6.07, 6.45) is 0. The van der Waals surface area contributed by atoms with E-state index < -0.39 is 0 Å². The molecule has 2 atom stereocenters. The van der Waals surface area contributed by atoms with Gasteiger partial charge in [0.2, 0.25) is 5.89 Å². The number of rotatable bonds is 5. The van der Waals surface area contributed by atoms with Crippen molar-refractivity contribution in [2.45, 2.75) is 39.9 Å². The van der Waals surface area contributed by atoms with Gasteiger partial charge in [-0.2, -0.15) is 0 Å². The zero-order valence-electron chi connectivity index (χ0n) is 15.1. The van der Waals surface area contributed by atoms with Crippen LogP contribution in [0.4, 0.5) is 4.79 Å². The van der Waals surface area contributed by atoms with Crippen molar-refractivity contribution in [3.8, 4) is 0 Å². The molecule has 2 N–H and O–H groups in total. The summed E-state index contributed by atoms with van der Waals surface area (Å²) in [7, 11) is 0. The fourth-order valence-corrected chi connectivity index (χ4v) is 3.22. The van der Waals surface area contributed by atoms with E-state index in [4.69, 9.17) is 4.42 Å². The lowest BCUT2D eigenvalue weighted by atomic mass is 10.1. The SMILES string of the molecule is Cc1nc(CNC(=O)N[C@@H]2CN(Cc3ccccc3)C[C@H]2C)oc1C. The Kier molecular flexibility index (Phi) is 5.38. The molecule has 1 fully saturated rings. The Hall–Kier alpha value is -2.34. The number of amides is 2. The minimum absolute atomic E-state index is 0.150. The number of hydrogen-bond donors (Lipinski definition) is 2. The van der Waals surface area contributed by atoms with E-state index in [1.807, 2.05) is 19.9 Å². The Morgan fingerprint density at radius 2 is 2.04 bits per heavy atom. The number of aryl methyl sites for hydroxylation is 2. The summed E-state index contributed by atoms with van der Waals surface area (Å²) in [6, 6.07) is 10.4. The molecule has 25 heavy (non-hydrogen) atoms. The number of hydrogen-bond acceptors (Lipinski definition) is 4. The quantitative estimate of drug-likeness (QED) is 0.876. The van der Waals surface area contributed by atoms with Crippen LogP contribution in [0.25, 0.3) is 0 Å². The van der Waals surface area contributed by atoms with Gasteiger partial charge in [0.25, 0.3) is 0 Å². The van der Waals surface area contributed by atoms with Gasteiger partial charge in [-0.05, 0) is 25.3 Å². The number of nitrogens with one attached hydrogen (secondary N) is 2. The summed E-state index contributed by atoms with van der Waals surface area (Å²) in [6.45, 7) is 9.00. The standard InChI is InChI=1S/C19H26N4O2/c1-13-10-23(11-16-7-5-4-6-8-16)12-17(13)22-19(24)20-9-18-21-14(2)15(3)25-18/h4-8,13,17H,9-12H2,1-3H3,(H2,20,22,24)/t13-,17-/m1/s1. The first kappa shape index (κ1) is 17.5. The van der Waals surface area contributed by atoms with Crippen molar-refractivity contribution in [1.29, 1.82) is 0 Å². The molecule has 0 radical (unpaired) electrons. The summed E-state index contributed by atoms with van der Waals surface area (Å²) in [5.41, 5.74) is 2.16. The summed E-state index contributed by atoms with van der Waals surface area (Å²) < 4.78 is 5.48. The molecule has 3 rings (SSSR count). The molecule has 1 aromatic carbocycles. The topological polar surface area (TPSA) is 70.4 Å².